The molecule has 0 bridgehead atoms. The van der Waals surface area contributed by atoms with Crippen LogP contribution in [-0.4, -0.2) is 36.7 Å². The molecule has 0 unspecified atom stereocenters. The Balaban J connectivity index is 2.10. The Hall–Kier alpha value is -3.95. The van der Waals surface area contributed by atoms with E-state index in [1.807, 2.05) is 19.9 Å². The van der Waals surface area contributed by atoms with E-state index in [1.54, 1.807) is 12.1 Å². The van der Waals surface area contributed by atoms with Crippen LogP contribution in [0.15, 0.2) is 35.4 Å². The van der Waals surface area contributed by atoms with E-state index in [4.69, 9.17) is 14.2 Å². The molecule has 0 aliphatic carbocycles. The smallest absolute Gasteiger partial charge is 0.323 e. The van der Waals surface area contributed by atoms with Gasteiger partial charge in [-0.1, -0.05) is 6.07 Å². The van der Waals surface area contributed by atoms with Crippen molar-refractivity contribution in [1.29, 1.82) is 0 Å². The number of carbonyl (C=O) groups is 2. The zero-order valence-electron chi connectivity index (χ0n) is 16.9. The minimum atomic E-state index is -0.696. The number of hydrazone groups is 1. The Labute approximate surface area is 172 Å². The first-order valence-electron chi connectivity index (χ1n) is 8.78. The number of nitrogens with one attached hydrogen (secondary N) is 1. The number of hydrogen-bond donors (Lipinski definition) is 1. The first-order chi connectivity index (χ1) is 14.2. The number of methoxy groups -OCH3 is 1. The SMILES string of the molecule is COc1c(OC(C)=O)ccc(/C=N/NC(=O)COc2cc(C)cc(C)c2)c1[N+](=O)[O-]. The quantitative estimate of drug-likeness (QED) is 0.231. The average molecular weight is 415 g/mol. The molecule has 1 N–H and O–H groups in total. The average Bonchev–Trinajstić information content (AvgIpc) is 2.65. The van der Waals surface area contributed by atoms with Gasteiger partial charge in [0.25, 0.3) is 5.91 Å². The predicted molar refractivity (Wildman–Crippen MR) is 108 cm³/mol. The Bertz CT molecular complexity index is 982. The summed E-state index contributed by atoms with van der Waals surface area (Å²) in [5.41, 5.74) is 3.83. The number of nitro groups is 1. The molecule has 0 spiro atoms. The van der Waals surface area contributed by atoms with Crippen LogP contribution in [0, 0.1) is 24.0 Å². The van der Waals surface area contributed by atoms with Gasteiger partial charge in [-0.05, 0) is 49.2 Å². The van der Waals surface area contributed by atoms with Gasteiger partial charge in [-0.15, -0.1) is 0 Å². The van der Waals surface area contributed by atoms with E-state index < -0.39 is 22.5 Å². The molecule has 0 heterocycles. The van der Waals surface area contributed by atoms with Crippen molar-refractivity contribution < 1.29 is 28.7 Å². The van der Waals surface area contributed by atoms with Crippen molar-refractivity contribution in [2.75, 3.05) is 13.7 Å². The summed E-state index contributed by atoms with van der Waals surface area (Å²) in [6.07, 6.45) is 1.09. The lowest BCUT2D eigenvalue weighted by atomic mass is 10.1. The van der Waals surface area contributed by atoms with Gasteiger partial charge >= 0.3 is 11.7 Å². The van der Waals surface area contributed by atoms with Crippen LogP contribution >= 0.6 is 0 Å². The second-order valence-corrected chi connectivity index (χ2v) is 6.29. The summed E-state index contributed by atoms with van der Waals surface area (Å²) >= 11 is 0. The molecule has 10 nitrogen and oxygen atoms in total. The van der Waals surface area contributed by atoms with E-state index in [2.05, 4.69) is 10.5 Å². The zero-order chi connectivity index (χ0) is 22.3. The molecule has 0 aliphatic heterocycles. The van der Waals surface area contributed by atoms with Gasteiger partial charge in [0.2, 0.25) is 5.75 Å². The molecule has 30 heavy (non-hydrogen) atoms. The number of rotatable bonds is 8. The molecule has 0 aromatic heterocycles. The van der Waals surface area contributed by atoms with E-state index in [-0.39, 0.29) is 23.7 Å². The fraction of sp³-hybridized carbons (Fsp3) is 0.250. The predicted octanol–water partition coefficient (Wildman–Crippen LogP) is 2.67. The Kier molecular flexibility index (Phi) is 7.45. The fourth-order valence-electron chi connectivity index (χ4n) is 2.66. The standard InChI is InChI=1S/C20H21N3O7/c1-12-7-13(2)9-16(8-12)29-11-18(25)22-21-10-15-5-6-17(30-14(3)24)20(28-4)19(15)23(26)27/h5-10H,11H2,1-4H3,(H,22,25)/b21-10+. The molecule has 0 saturated carbocycles. The van der Waals surface area contributed by atoms with Gasteiger partial charge in [-0.3, -0.25) is 19.7 Å². The second-order valence-electron chi connectivity index (χ2n) is 6.29. The van der Waals surface area contributed by atoms with Gasteiger partial charge in [-0.25, -0.2) is 5.43 Å². The number of nitrogens with zero attached hydrogens (tertiary/aromatic N) is 2. The van der Waals surface area contributed by atoms with Gasteiger partial charge < -0.3 is 14.2 Å². The lowest BCUT2D eigenvalue weighted by Crippen LogP contribution is -2.24. The molecule has 0 aliphatic rings. The monoisotopic (exact) mass is 415 g/mol. The second kappa shape index (κ2) is 10.0. The highest BCUT2D eigenvalue weighted by atomic mass is 16.6. The fourth-order valence-corrected chi connectivity index (χ4v) is 2.66. The van der Waals surface area contributed by atoms with Gasteiger partial charge in [-0.2, -0.15) is 5.10 Å². The summed E-state index contributed by atoms with van der Waals surface area (Å²) in [5.74, 6) is -0.979. The van der Waals surface area contributed by atoms with Gasteiger partial charge in [0.05, 0.1) is 23.8 Å². The summed E-state index contributed by atoms with van der Waals surface area (Å²) in [6, 6.07) is 8.22. The van der Waals surface area contributed by atoms with Crippen LogP contribution in [0.2, 0.25) is 0 Å². The molecule has 0 atom stereocenters. The van der Waals surface area contributed by atoms with Crippen molar-refractivity contribution in [1.82, 2.24) is 5.43 Å². The first-order valence-corrected chi connectivity index (χ1v) is 8.78. The van der Waals surface area contributed by atoms with Gasteiger partial charge in [0, 0.05) is 6.92 Å². The minimum absolute atomic E-state index is 0.0447. The van der Waals surface area contributed by atoms with Gasteiger partial charge in [0.1, 0.15) is 5.75 Å². The molecule has 2 rings (SSSR count). The maximum absolute atomic E-state index is 11.9. The van der Waals surface area contributed by atoms with Crippen molar-refractivity contribution in [3.63, 3.8) is 0 Å². The number of hydrogen-bond acceptors (Lipinski definition) is 8. The third kappa shape index (κ3) is 6.03. The van der Waals surface area contributed by atoms with Gasteiger partial charge in [0.15, 0.2) is 12.4 Å². The van der Waals surface area contributed by atoms with Crippen molar-refractivity contribution in [2.24, 2.45) is 5.10 Å². The number of aryl methyl sites for hydroxylation is 2. The lowest BCUT2D eigenvalue weighted by molar-refractivity contribution is -0.385. The van der Waals surface area contributed by atoms with E-state index in [0.29, 0.717) is 5.75 Å². The molecular weight excluding hydrogens is 394 g/mol. The molecule has 0 fully saturated rings. The number of nitro benzene ring substituents is 1. The highest BCUT2D eigenvalue weighted by Gasteiger charge is 2.25. The molecule has 158 valence electrons. The van der Waals surface area contributed by atoms with Crippen molar-refractivity contribution in [2.45, 2.75) is 20.8 Å². The maximum Gasteiger partial charge on any atom is 0.323 e. The van der Waals surface area contributed by atoms with Crippen LogP contribution in [0.4, 0.5) is 5.69 Å². The number of ether oxygens (including phenoxy) is 3. The summed E-state index contributed by atoms with van der Waals surface area (Å²) in [6.45, 7) is 4.71. The molecular formula is C20H21N3O7. The molecule has 0 radical (unpaired) electrons. The first kappa shape index (κ1) is 22.3. The summed E-state index contributed by atoms with van der Waals surface area (Å²) in [5, 5.41) is 15.2. The zero-order valence-corrected chi connectivity index (χ0v) is 16.9. The van der Waals surface area contributed by atoms with Crippen LogP contribution in [0.5, 0.6) is 17.2 Å². The van der Waals surface area contributed by atoms with Crippen LogP contribution in [-0.2, 0) is 9.59 Å². The Morgan fingerprint density at radius 3 is 2.43 bits per heavy atom. The summed E-state index contributed by atoms with van der Waals surface area (Å²) < 4.78 is 15.4. The van der Waals surface area contributed by atoms with Crippen LogP contribution in [0.25, 0.3) is 0 Å². The van der Waals surface area contributed by atoms with E-state index in [1.165, 1.54) is 19.2 Å². The number of amides is 1. The molecule has 2 aromatic rings. The number of esters is 1. The van der Waals surface area contributed by atoms with Crippen molar-refractivity contribution in [3.8, 4) is 17.2 Å². The third-order valence-electron chi connectivity index (χ3n) is 3.72. The van der Waals surface area contributed by atoms with E-state index in [9.17, 15) is 19.7 Å². The third-order valence-corrected chi connectivity index (χ3v) is 3.72. The van der Waals surface area contributed by atoms with E-state index >= 15 is 0 Å². The highest BCUT2D eigenvalue weighted by molar-refractivity contribution is 5.90. The lowest BCUT2D eigenvalue weighted by Gasteiger charge is -2.09. The largest absolute Gasteiger partial charge is 0.488 e. The molecule has 10 heteroatoms. The Morgan fingerprint density at radius 2 is 1.87 bits per heavy atom. The molecule has 2 aromatic carbocycles. The maximum atomic E-state index is 11.9. The Morgan fingerprint density at radius 1 is 1.20 bits per heavy atom. The molecule has 1 amide bonds. The normalized spacial score (nSPS) is 10.5. The number of benzene rings is 2. The van der Waals surface area contributed by atoms with Crippen LogP contribution in [0.3, 0.4) is 0 Å². The summed E-state index contributed by atoms with van der Waals surface area (Å²) in [4.78, 5) is 33.9. The van der Waals surface area contributed by atoms with Crippen LogP contribution < -0.4 is 19.6 Å². The highest BCUT2D eigenvalue weighted by Crippen LogP contribution is 2.39. The van der Waals surface area contributed by atoms with Crippen LogP contribution in [0.1, 0.15) is 23.6 Å². The number of carbonyl (C=O) groups excluding carboxylic acids is 2. The summed E-state index contributed by atoms with van der Waals surface area (Å²) in [7, 11) is 1.21. The van der Waals surface area contributed by atoms with Crippen molar-refractivity contribution >= 4 is 23.8 Å². The topological polar surface area (TPSA) is 129 Å². The van der Waals surface area contributed by atoms with E-state index in [0.717, 1.165) is 24.3 Å². The van der Waals surface area contributed by atoms with Crippen molar-refractivity contribution in [3.05, 3.63) is 57.1 Å². The minimum Gasteiger partial charge on any atom is -0.488 e. The molecule has 0 saturated heterocycles.